The fraction of sp³-hybridized carbons (Fsp3) is 0.294. The minimum Gasteiger partial charge on any atom is -0.333 e. The predicted molar refractivity (Wildman–Crippen MR) is 181 cm³/mol. The standard InChI is InChI=1S/C34H30F6N4O.3ClH/c35-33(36,37)29-18-28(19-30(20-29)34(38,39)40)32(45)44-15-14-43(13-4-3-11-41-21-25-6-5-12-42-22-25)23-31(44)17-24-9-10-26-7-1-2-8-27(26)16-24;;;/h1-2,5-10,12,16,18-20,22,31,41H,11,13-15,17,21,23H2;3*1H/t31-;;;/m1.../s1. The predicted octanol–water partition coefficient (Wildman–Crippen LogP) is 7.70. The lowest BCUT2D eigenvalue weighted by Crippen LogP contribution is -2.56. The van der Waals surface area contributed by atoms with Crippen LogP contribution in [0.4, 0.5) is 26.3 Å². The number of pyridine rings is 1. The Balaban J connectivity index is 0.00000267. The Hall–Kier alpha value is -3.53. The van der Waals surface area contributed by atoms with E-state index in [4.69, 9.17) is 0 Å². The molecule has 0 unspecified atom stereocenters. The van der Waals surface area contributed by atoms with Crippen LogP contribution in [-0.4, -0.2) is 59.5 Å². The number of fused-ring (bicyclic) bond motifs is 1. The number of nitrogens with zero attached hydrogens (tertiary/aromatic N) is 3. The molecule has 4 aromatic rings. The van der Waals surface area contributed by atoms with Crippen molar-refractivity contribution in [3.63, 3.8) is 0 Å². The zero-order valence-corrected chi connectivity index (χ0v) is 27.8. The molecule has 5 nitrogen and oxygen atoms in total. The first-order valence-electron chi connectivity index (χ1n) is 14.3. The fourth-order valence-electron chi connectivity index (χ4n) is 5.39. The average Bonchev–Trinajstić information content (AvgIpc) is 3.02. The van der Waals surface area contributed by atoms with Crippen LogP contribution in [0.15, 0.2) is 85.2 Å². The van der Waals surface area contributed by atoms with Gasteiger partial charge >= 0.3 is 12.4 Å². The SMILES string of the molecule is Cl.Cl.Cl.O=C(c1cc(C(F)(F)F)cc(C(F)(F)F)c1)N1CCN(CC#CCNCc2cccnc2)C[C@H]1Cc1ccc2ccccc2c1. The van der Waals surface area contributed by atoms with Crippen molar-refractivity contribution in [1.29, 1.82) is 0 Å². The summed E-state index contributed by atoms with van der Waals surface area (Å²) < 4.78 is 81.3. The molecule has 0 radical (unpaired) electrons. The number of hydrogen-bond donors (Lipinski definition) is 1. The summed E-state index contributed by atoms with van der Waals surface area (Å²) in [7, 11) is 0. The molecule has 1 aromatic heterocycles. The molecule has 2 heterocycles. The normalized spacial score (nSPS) is 15.0. The summed E-state index contributed by atoms with van der Waals surface area (Å²) in [5.41, 5.74) is -1.76. The number of halogens is 9. The number of piperazine rings is 1. The van der Waals surface area contributed by atoms with Crippen LogP contribution in [0.5, 0.6) is 0 Å². The molecule has 1 amide bonds. The van der Waals surface area contributed by atoms with E-state index in [1.54, 1.807) is 12.4 Å². The molecule has 1 saturated heterocycles. The molecule has 1 N–H and O–H groups in total. The van der Waals surface area contributed by atoms with Crippen molar-refractivity contribution in [3.05, 3.63) is 113 Å². The van der Waals surface area contributed by atoms with Crippen LogP contribution in [0.25, 0.3) is 10.8 Å². The largest absolute Gasteiger partial charge is 0.416 e. The minimum atomic E-state index is -5.05. The maximum absolute atomic E-state index is 13.7. The van der Waals surface area contributed by atoms with Crippen molar-refractivity contribution in [3.8, 4) is 11.8 Å². The number of carbonyl (C=O) groups is 1. The molecule has 0 aliphatic carbocycles. The third-order valence-corrected chi connectivity index (χ3v) is 7.64. The third-order valence-electron chi connectivity index (χ3n) is 7.64. The Morgan fingerprint density at radius 3 is 2.15 bits per heavy atom. The van der Waals surface area contributed by atoms with Crippen molar-refractivity contribution in [2.45, 2.75) is 31.4 Å². The first kappa shape index (κ1) is 40.6. The van der Waals surface area contributed by atoms with Crippen LogP contribution < -0.4 is 5.32 Å². The Morgan fingerprint density at radius 2 is 1.50 bits per heavy atom. The molecular formula is C34H33Cl3F6N4O. The molecule has 1 aliphatic rings. The zero-order chi connectivity index (χ0) is 32.0. The molecule has 14 heteroatoms. The summed E-state index contributed by atoms with van der Waals surface area (Å²) in [6.07, 6.45) is -6.28. The van der Waals surface area contributed by atoms with E-state index in [1.807, 2.05) is 59.5 Å². The Bertz CT molecular complexity index is 1680. The Morgan fingerprint density at radius 1 is 0.812 bits per heavy atom. The molecule has 258 valence electrons. The molecule has 5 rings (SSSR count). The number of aromatic nitrogens is 1. The Labute approximate surface area is 293 Å². The number of amides is 1. The number of alkyl halides is 6. The van der Waals surface area contributed by atoms with Crippen molar-refractivity contribution in [2.75, 3.05) is 32.7 Å². The van der Waals surface area contributed by atoms with E-state index < -0.39 is 41.0 Å². The molecule has 1 fully saturated rings. The highest BCUT2D eigenvalue weighted by atomic mass is 35.5. The second-order valence-corrected chi connectivity index (χ2v) is 10.9. The Kier molecular flexibility index (Phi) is 15.0. The average molecular weight is 734 g/mol. The highest BCUT2D eigenvalue weighted by Gasteiger charge is 2.39. The lowest BCUT2D eigenvalue weighted by molar-refractivity contribution is -0.143. The van der Waals surface area contributed by atoms with E-state index in [1.165, 1.54) is 4.90 Å². The van der Waals surface area contributed by atoms with E-state index in [0.29, 0.717) is 51.3 Å². The zero-order valence-electron chi connectivity index (χ0n) is 25.4. The topological polar surface area (TPSA) is 48.5 Å². The van der Waals surface area contributed by atoms with Gasteiger partial charge in [-0.25, -0.2) is 0 Å². The lowest BCUT2D eigenvalue weighted by Gasteiger charge is -2.41. The summed E-state index contributed by atoms with van der Waals surface area (Å²) in [6.45, 7) is 2.29. The van der Waals surface area contributed by atoms with E-state index >= 15 is 0 Å². The molecular weight excluding hydrogens is 701 g/mol. The van der Waals surface area contributed by atoms with Gasteiger partial charge in [0.2, 0.25) is 0 Å². The lowest BCUT2D eigenvalue weighted by atomic mass is 9.97. The maximum Gasteiger partial charge on any atom is 0.416 e. The van der Waals surface area contributed by atoms with E-state index in [9.17, 15) is 31.1 Å². The number of nitrogens with one attached hydrogen (secondary N) is 1. The number of carbonyl (C=O) groups excluding carboxylic acids is 1. The van der Waals surface area contributed by atoms with Gasteiger partial charge in [0.05, 0.1) is 24.2 Å². The maximum atomic E-state index is 13.7. The van der Waals surface area contributed by atoms with Crippen LogP contribution >= 0.6 is 37.2 Å². The van der Waals surface area contributed by atoms with Crippen molar-refractivity contribution >= 4 is 53.9 Å². The summed E-state index contributed by atoms with van der Waals surface area (Å²) in [5, 5.41) is 5.23. The van der Waals surface area contributed by atoms with Gasteiger partial charge in [0.1, 0.15) is 0 Å². The van der Waals surface area contributed by atoms with Crippen LogP contribution in [0.2, 0.25) is 0 Å². The first-order chi connectivity index (χ1) is 21.5. The smallest absolute Gasteiger partial charge is 0.333 e. The van der Waals surface area contributed by atoms with Gasteiger partial charge in [0.25, 0.3) is 5.91 Å². The van der Waals surface area contributed by atoms with Crippen molar-refractivity contribution < 1.29 is 31.1 Å². The monoisotopic (exact) mass is 732 g/mol. The first-order valence-corrected chi connectivity index (χ1v) is 14.3. The fourth-order valence-corrected chi connectivity index (χ4v) is 5.39. The van der Waals surface area contributed by atoms with Gasteiger partial charge in [0.15, 0.2) is 0 Å². The van der Waals surface area contributed by atoms with Gasteiger partial charge in [-0.05, 0) is 52.6 Å². The van der Waals surface area contributed by atoms with Gasteiger partial charge in [-0.2, -0.15) is 26.3 Å². The van der Waals surface area contributed by atoms with Gasteiger partial charge < -0.3 is 10.2 Å². The van der Waals surface area contributed by atoms with E-state index in [0.717, 1.165) is 21.9 Å². The molecule has 0 bridgehead atoms. The van der Waals surface area contributed by atoms with Crippen LogP contribution in [-0.2, 0) is 25.3 Å². The summed E-state index contributed by atoms with van der Waals surface area (Å²) in [6, 6.07) is 17.9. The van der Waals surface area contributed by atoms with Crippen LogP contribution in [0.3, 0.4) is 0 Å². The van der Waals surface area contributed by atoms with Crippen LogP contribution in [0, 0.1) is 11.8 Å². The molecule has 3 aromatic carbocycles. The second kappa shape index (κ2) is 17.7. The highest BCUT2D eigenvalue weighted by molar-refractivity contribution is 5.95. The second-order valence-electron chi connectivity index (χ2n) is 10.9. The minimum absolute atomic E-state index is 0. The van der Waals surface area contributed by atoms with Gasteiger partial charge in [-0.1, -0.05) is 60.4 Å². The number of rotatable bonds is 7. The van der Waals surface area contributed by atoms with Gasteiger partial charge in [0, 0.05) is 50.2 Å². The summed E-state index contributed by atoms with van der Waals surface area (Å²) >= 11 is 0. The van der Waals surface area contributed by atoms with Gasteiger partial charge in [-0.15, -0.1) is 37.2 Å². The molecule has 1 aliphatic heterocycles. The third kappa shape index (κ3) is 10.7. The van der Waals surface area contributed by atoms with E-state index in [-0.39, 0.29) is 49.8 Å². The summed E-state index contributed by atoms with van der Waals surface area (Å²) in [4.78, 5) is 21.2. The van der Waals surface area contributed by atoms with Gasteiger partial charge in [-0.3, -0.25) is 14.7 Å². The molecule has 1 atom stereocenters. The molecule has 0 saturated carbocycles. The number of hydrogen-bond acceptors (Lipinski definition) is 4. The summed E-state index contributed by atoms with van der Waals surface area (Å²) in [5.74, 6) is 5.32. The van der Waals surface area contributed by atoms with Crippen molar-refractivity contribution in [1.82, 2.24) is 20.1 Å². The highest BCUT2D eigenvalue weighted by Crippen LogP contribution is 2.37. The van der Waals surface area contributed by atoms with Crippen molar-refractivity contribution in [2.24, 2.45) is 0 Å². The molecule has 48 heavy (non-hydrogen) atoms. The number of benzene rings is 3. The van der Waals surface area contributed by atoms with Crippen LogP contribution in [0.1, 0.15) is 32.6 Å². The quantitative estimate of drug-likeness (QED) is 0.120. The molecule has 0 spiro atoms. The van der Waals surface area contributed by atoms with E-state index in [2.05, 4.69) is 22.1 Å².